The Balaban J connectivity index is 1.80. The minimum atomic E-state index is 0.770. The summed E-state index contributed by atoms with van der Waals surface area (Å²) >= 11 is 0. The minimum absolute atomic E-state index is 0.770. The maximum Gasteiger partial charge on any atom is 0.147 e. The van der Waals surface area contributed by atoms with Crippen LogP contribution in [0.2, 0.25) is 0 Å². The molecular weight excluding hydrogens is 260 g/mol. The van der Waals surface area contributed by atoms with Crippen LogP contribution in [0.15, 0.2) is 30.5 Å². The highest BCUT2D eigenvalue weighted by molar-refractivity contribution is 5.75. The molecule has 0 aliphatic carbocycles. The van der Waals surface area contributed by atoms with Crippen molar-refractivity contribution in [2.45, 2.75) is 26.2 Å². The molecule has 3 rings (SSSR count). The molecule has 0 spiro atoms. The Morgan fingerprint density at radius 2 is 1.95 bits per heavy atom. The zero-order chi connectivity index (χ0) is 14.5. The van der Waals surface area contributed by atoms with Crippen LogP contribution in [0.3, 0.4) is 0 Å². The monoisotopic (exact) mass is 284 g/mol. The Kier molecular flexibility index (Phi) is 4.65. The van der Waals surface area contributed by atoms with Gasteiger partial charge >= 0.3 is 0 Å². The molecule has 1 aliphatic rings. The zero-order valence-electron chi connectivity index (χ0n) is 12.8. The summed E-state index contributed by atoms with van der Waals surface area (Å²) in [5.74, 6) is 1.79. The lowest BCUT2D eigenvalue weighted by Crippen LogP contribution is -2.37. The molecule has 112 valence electrons. The summed E-state index contributed by atoms with van der Waals surface area (Å²) in [5, 5.41) is 3.44. The number of hydrogen-bond donors (Lipinski definition) is 1. The standard InChI is InChI=1S/C17H24N4/c1-2-11-21(13-14-7-9-18-10-8-14)17-12-19-15-5-3-4-6-16(15)20-17/h3-6,12,14,18H,2,7-11,13H2,1H3. The average Bonchev–Trinajstić information content (AvgIpc) is 2.55. The molecule has 0 atom stereocenters. The van der Waals surface area contributed by atoms with Crippen molar-refractivity contribution >= 4 is 16.9 Å². The van der Waals surface area contributed by atoms with Gasteiger partial charge in [-0.15, -0.1) is 0 Å². The molecule has 1 N–H and O–H groups in total. The van der Waals surface area contributed by atoms with Gasteiger partial charge in [0.1, 0.15) is 5.82 Å². The van der Waals surface area contributed by atoms with Crippen LogP contribution in [0.1, 0.15) is 26.2 Å². The molecule has 1 saturated heterocycles. The van der Waals surface area contributed by atoms with Crippen LogP contribution in [-0.2, 0) is 0 Å². The minimum Gasteiger partial charge on any atom is -0.355 e. The summed E-state index contributed by atoms with van der Waals surface area (Å²) in [6.45, 7) is 6.67. The van der Waals surface area contributed by atoms with Crippen LogP contribution in [0.5, 0.6) is 0 Å². The number of aromatic nitrogens is 2. The van der Waals surface area contributed by atoms with E-state index in [2.05, 4.69) is 22.1 Å². The highest BCUT2D eigenvalue weighted by Crippen LogP contribution is 2.20. The average molecular weight is 284 g/mol. The Morgan fingerprint density at radius 1 is 1.19 bits per heavy atom. The van der Waals surface area contributed by atoms with Crippen molar-refractivity contribution in [2.75, 3.05) is 31.1 Å². The molecule has 0 saturated carbocycles. The van der Waals surface area contributed by atoms with Crippen LogP contribution >= 0.6 is 0 Å². The third kappa shape index (κ3) is 3.50. The van der Waals surface area contributed by atoms with Gasteiger partial charge < -0.3 is 10.2 Å². The molecule has 4 nitrogen and oxygen atoms in total. The molecule has 1 aromatic carbocycles. The molecule has 0 unspecified atom stereocenters. The lowest BCUT2D eigenvalue weighted by molar-refractivity contribution is 0.372. The third-order valence-electron chi connectivity index (χ3n) is 4.19. The van der Waals surface area contributed by atoms with Crippen molar-refractivity contribution in [1.29, 1.82) is 0 Å². The lowest BCUT2D eigenvalue weighted by Gasteiger charge is -2.30. The van der Waals surface area contributed by atoms with Crippen molar-refractivity contribution in [3.63, 3.8) is 0 Å². The molecule has 0 radical (unpaired) electrons. The van der Waals surface area contributed by atoms with E-state index in [-0.39, 0.29) is 0 Å². The number of fused-ring (bicyclic) bond motifs is 1. The van der Waals surface area contributed by atoms with Crippen molar-refractivity contribution < 1.29 is 0 Å². The first-order chi connectivity index (χ1) is 10.4. The first-order valence-corrected chi connectivity index (χ1v) is 8.04. The van der Waals surface area contributed by atoms with Gasteiger partial charge in [0.2, 0.25) is 0 Å². The third-order valence-corrected chi connectivity index (χ3v) is 4.19. The Labute approximate surface area is 126 Å². The van der Waals surface area contributed by atoms with E-state index >= 15 is 0 Å². The van der Waals surface area contributed by atoms with E-state index in [1.807, 2.05) is 30.5 Å². The molecule has 1 fully saturated rings. The molecule has 0 amide bonds. The van der Waals surface area contributed by atoms with Gasteiger partial charge in [-0.2, -0.15) is 0 Å². The lowest BCUT2D eigenvalue weighted by atomic mass is 9.97. The first kappa shape index (κ1) is 14.3. The van der Waals surface area contributed by atoms with Crippen LogP contribution < -0.4 is 10.2 Å². The summed E-state index contributed by atoms with van der Waals surface area (Å²) in [6.07, 6.45) is 5.60. The number of benzene rings is 1. The van der Waals surface area contributed by atoms with Gasteiger partial charge in [0.05, 0.1) is 17.2 Å². The SMILES string of the molecule is CCCN(CC1CCNCC1)c1cnc2ccccc2n1. The van der Waals surface area contributed by atoms with E-state index in [1.165, 1.54) is 12.8 Å². The molecular formula is C17H24N4. The Bertz CT molecular complexity index is 578. The summed E-state index contributed by atoms with van der Waals surface area (Å²) in [7, 11) is 0. The fraction of sp³-hybridized carbons (Fsp3) is 0.529. The molecule has 2 heterocycles. The number of piperidine rings is 1. The normalized spacial score (nSPS) is 16.2. The maximum atomic E-state index is 4.81. The van der Waals surface area contributed by atoms with Gasteiger partial charge in [0, 0.05) is 13.1 Å². The van der Waals surface area contributed by atoms with Crippen LogP contribution in [0, 0.1) is 5.92 Å². The number of hydrogen-bond acceptors (Lipinski definition) is 4. The topological polar surface area (TPSA) is 41.0 Å². The Morgan fingerprint density at radius 3 is 2.71 bits per heavy atom. The van der Waals surface area contributed by atoms with Gasteiger partial charge in [-0.1, -0.05) is 19.1 Å². The van der Waals surface area contributed by atoms with Crippen LogP contribution in [0.25, 0.3) is 11.0 Å². The summed E-state index contributed by atoms with van der Waals surface area (Å²) in [5.41, 5.74) is 1.96. The second-order valence-electron chi connectivity index (χ2n) is 5.86. The highest BCUT2D eigenvalue weighted by Gasteiger charge is 2.18. The molecule has 2 aromatic rings. The molecule has 4 heteroatoms. The quantitative estimate of drug-likeness (QED) is 0.916. The first-order valence-electron chi connectivity index (χ1n) is 8.04. The summed E-state index contributed by atoms with van der Waals surface area (Å²) < 4.78 is 0. The fourth-order valence-electron chi connectivity index (χ4n) is 3.05. The second-order valence-corrected chi connectivity index (χ2v) is 5.86. The van der Waals surface area contributed by atoms with Crippen LogP contribution in [-0.4, -0.2) is 36.1 Å². The van der Waals surface area contributed by atoms with Crippen molar-refractivity contribution in [3.8, 4) is 0 Å². The van der Waals surface area contributed by atoms with Crippen LogP contribution in [0.4, 0.5) is 5.82 Å². The van der Waals surface area contributed by atoms with E-state index in [0.717, 1.165) is 55.4 Å². The fourth-order valence-corrected chi connectivity index (χ4v) is 3.05. The van der Waals surface area contributed by atoms with Crippen molar-refractivity contribution in [3.05, 3.63) is 30.5 Å². The molecule has 1 aliphatic heterocycles. The highest BCUT2D eigenvalue weighted by atomic mass is 15.2. The van der Waals surface area contributed by atoms with Gasteiger partial charge in [-0.25, -0.2) is 4.98 Å². The van der Waals surface area contributed by atoms with Gasteiger partial charge in [-0.05, 0) is 50.4 Å². The molecule has 0 bridgehead atoms. The van der Waals surface area contributed by atoms with Gasteiger partial charge in [0.25, 0.3) is 0 Å². The predicted molar refractivity (Wildman–Crippen MR) is 87.6 cm³/mol. The molecule has 1 aromatic heterocycles. The summed E-state index contributed by atoms with van der Waals surface area (Å²) in [6, 6.07) is 8.09. The van der Waals surface area contributed by atoms with E-state index in [4.69, 9.17) is 4.98 Å². The summed E-state index contributed by atoms with van der Waals surface area (Å²) in [4.78, 5) is 11.8. The number of nitrogens with zero attached hydrogens (tertiary/aromatic N) is 3. The van der Waals surface area contributed by atoms with Crippen molar-refractivity contribution in [2.24, 2.45) is 5.92 Å². The number of anilines is 1. The molecule has 21 heavy (non-hydrogen) atoms. The maximum absolute atomic E-state index is 4.81. The zero-order valence-corrected chi connectivity index (χ0v) is 12.8. The van der Waals surface area contributed by atoms with Crippen molar-refractivity contribution in [1.82, 2.24) is 15.3 Å². The van der Waals surface area contributed by atoms with E-state index in [1.54, 1.807) is 0 Å². The van der Waals surface area contributed by atoms with E-state index in [9.17, 15) is 0 Å². The number of rotatable bonds is 5. The predicted octanol–water partition coefficient (Wildman–Crippen LogP) is 2.85. The second kappa shape index (κ2) is 6.85. The van der Waals surface area contributed by atoms with E-state index in [0.29, 0.717) is 0 Å². The van der Waals surface area contributed by atoms with Gasteiger partial charge in [-0.3, -0.25) is 4.98 Å². The number of para-hydroxylation sites is 2. The Hall–Kier alpha value is -1.68. The van der Waals surface area contributed by atoms with Gasteiger partial charge in [0.15, 0.2) is 0 Å². The number of nitrogens with one attached hydrogen (secondary N) is 1. The van der Waals surface area contributed by atoms with E-state index < -0.39 is 0 Å². The largest absolute Gasteiger partial charge is 0.355 e. The smallest absolute Gasteiger partial charge is 0.147 e.